The van der Waals surface area contributed by atoms with Gasteiger partial charge < -0.3 is 14.4 Å². The first kappa shape index (κ1) is 22.8. The summed E-state index contributed by atoms with van der Waals surface area (Å²) in [6.45, 7) is -0.454. The Morgan fingerprint density at radius 3 is 2.52 bits per heavy atom. The van der Waals surface area contributed by atoms with E-state index in [1.165, 1.54) is 12.0 Å². The Hall–Kier alpha value is -2.86. The number of para-hydroxylation sites is 1. The lowest BCUT2D eigenvalue weighted by Crippen LogP contribution is -2.55. The Balaban J connectivity index is 1.74. The van der Waals surface area contributed by atoms with E-state index in [0.717, 1.165) is 12.8 Å². The molecular weight excluding hydrogens is 418 g/mol. The molecule has 1 saturated carbocycles. The molecule has 0 bridgehead atoms. The number of benzene rings is 2. The van der Waals surface area contributed by atoms with Gasteiger partial charge in [-0.2, -0.15) is 0 Å². The molecule has 0 aliphatic heterocycles. The zero-order valence-electron chi connectivity index (χ0n) is 17.7. The highest BCUT2D eigenvalue weighted by molar-refractivity contribution is 6.31. The molecule has 1 amide bonds. The summed E-state index contributed by atoms with van der Waals surface area (Å²) in [6, 6.07) is 14.2. The predicted molar refractivity (Wildman–Crippen MR) is 117 cm³/mol. The number of ketones is 1. The number of hydrogen-bond donors (Lipinski definition) is 0. The van der Waals surface area contributed by atoms with Crippen LogP contribution >= 0.6 is 11.6 Å². The molecule has 1 atom stereocenters. The van der Waals surface area contributed by atoms with Crippen LogP contribution in [0.3, 0.4) is 0 Å². The van der Waals surface area contributed by atoms with Crippen LogP contribution in [0.4, 0.5) is 0 Å². The van der Waals surface area contributed by atoms with Crippen molar-refractivity contribution in [2.75, 3.05) is 20.8 Å². The molecule has 0 aromatic heterocycles. The third-order valence-corrected chi connectivity index (χ3v) is 6.13. The highest BCUT2D eigenvalue weighted by Gasteiger charge is 2.47. The first-order valence-corrected chi connectivity index (χ1v) is 10.6. The third kappa shape index (κ3) is 4.74. The molecule has 31 heavy (non-hydrogen) atoms. The zero-order chi connectivity index (χ0) is 22.4. The lowest BCUT2D eigenvalue weighted by Gasteiger charge is -2.43. The molecule has 0 N–H and O–H groups in total. The Morgan fingerprint density at radius 1 is 1.10 bits per heavy atom. The van der Waals surface area contributed by atoms with E-state index in [2.05, 4.69) is 0 Å². The van der Waals surface area contributed by atoms with E-state index in [0.29, 0.717) is 34.7 Å². The molecule has 2 aromatic rings. The number of amides is 1. The lowest BCUT2D eigenvalue weighted by molar-refractivity contribution is -0.157. The van der Waals surface area contributed by atoms with Gasteiger partial charge in [0.15, 0.2) is 12.4 Å². The summed E-state index contributed by atoms with van der Waals surface area (Å²) < 4.78 is 10.5. The number of esters is 1. The Labute approximate surface area is 187 Å². The number of carbonyl (C=O) groups is 3. The average molecular weight is 444 g/mol. The number of rotatable bonds is 7. The molecule has 2 aromatic carbocycles. The van der Waals surface area contributed by atoms with Gasteiger partial charge in [-0.3, -0.25) is 14.4 Å². The smallest absolute Gasteiger partial charge is 0.310 e. The summed E-state index contributed by atoms with van der Waals surface area (Å²) in [5.74, 6) is -0.479. The Morgan fingerprint density at radius 2 is 1.81 bits per heavy atom. The Kier molecular flexibility index (Phi) is 7.33. The minimum Gasteiger partial charge on any atom is -0.496 e. The third-order valence-electron chi connectivity index (χ3n) is 5.80. The summed E-state index contributed by atoms with van der Waals surface area (Å²) in [7, 11) is 3.10. The van der Waals surface area contributed by atoms with Crippen molar-refractivity contribution in [1.82, 2.24) is 4.90 Å². The number of carbonyl (C=O) groups excluding carboxylic acids is 3. The van der Waals surface area contributed by atoms with Crippen molar-refractivity contribution >= 4 is 29.3 Å². The molecule has 1 aliphatic rings. The van der Waals surface area contributed by atoms with Gasteiger partial charge in [0.25, 0.3) is 5.91 Å². The number of hydrogen-bond acceptors (Lipinski definition) is 5. The topological polar surface area (TPSA) is 72.9 Å². The quantitative estimate of drug-likeness (QED) is 0.606. The van der Waals surface area contributed by atoms with Crippen molar-refractivity contribution in [2.24, 2.45) is 0 Å². The maximum atomic E-state index is 13.1. The highest BCUT2D eigenvalue weighted by atomic mass is 35.5. The maximum absolute atomic E-state index is 13.1. The monoisotopic (exact) mass is 443 g/mol. The van der Waals surface area contributed by atoms with Crippen molar-refractivity contribution in [3.8, 4) is 5.75 Å². The molecule has 1 unspecified atom stereocenters. The fourth-order valence-corrected chi connectivity index (χ4v) is 4.43. The van der Waals surface area contributed by atoms with Crippen LogP contribution in [0.2, 0.25) is 5.02 Å². The van der Waals surface area contributed by atoms with Crippen molar-refractivity contribution < 1.29 is 23.9 Å². The lowest BCUT2D eigenvalue weighted by atomic mass is 9.74. The molecule has 0 saturated heterocycles. The van der Waals surface area contributed by atoms with Gasteiger partial charge in [-0.1, -0.05) is 48.0 Å². The largest absolute Gasteiger partial charge is 0.496 e. The summed E-state index contributed by atoms with van der Waals surface area (Å²) in [6.07, 6.45) is 2.40. The van der Waals surface area contributed by atoms with Crippen molar-refractivity contribution in [3.05, 3.63) is 64.7 Å². The van der Waals surface area contributed by atoms with Crippen LogP contribution in [-0.4, -0.2) is 43.3 Å². The fourth-order valence-electron chi connectivity index (χ4n) is 4.14. The first-order valence-electron chi connectivity index (χ1n) is 10.2. The van der Waals surface area contributed by atoms with Crippen LogP contribution in [-0.2, 0) is 31.1 Å². The van der Waals surface area contributed by atoms with Crippen LogP contribution in [0.15, 0.2) is 48.5 Å². The highest BCUT2D eigenvalue weighted by Crippen LogP contribution is 2.42. The van der Waals surface area contributed by atoms with E-state index in [-0.39, 0.29) is 12.2 Å². The molecule has 3 rings (SSSR count). The van der Waals surface area contributed by atoms with E-state index in [4.69, 9.17) is 21.1 Å². The van der Waals surface area contributed by atoms with Crippen molar-refractivity contribution in [1.29, 1.82) is 0 Å². The normalized spacial score (nSPS) is 18.4. The molecule has 7 heteroatoms. The molecule has 0 spiro atoms. The van der Waals surface area contributed by atoms with Gasteiger partial charge in [-0.25, -0.2) is 0 Å². The second-order valence-electron chi connectivity index (χ2n) is 7.57. The van der Waals surface area contributed by atoms with Gasteiger partial charge in [0.05, 0.1) is 13.5 Å². The summed E-state index contributed by atoms with van der Waals surface area (Å²) in [4.78, 5) is 39.8. The number of likely N-dealkylation sites (N-methyl/N-ethyl adjacent to an activating group) is 1. The predicted octanol–water partition coefficient (Wildman–Crippen LogP) is 3.93. The van der Waals surface area contributed by atoms with E-state index in [1.54, 1.807) is 49.5 Å². The SMILES string of the molecule is COc1ccccc1CC(=O)OCC(=O)N(C)C1(c2ccccc2Cl)CCCCC1=O. The fraction of sp³-hybridized carbons (Fsp3) is 0.375. The second-order valence-corrected chi connectivity index (χ2v) is 7.98. The molecule has 0 radical (unpaired) electrons. The number of nitrogens with zero attached hydrogens (tertiary/aromatic N) is 1. The molecular formula is C24H26ClNO5. The van der Waals surface area contributed by atoms with Crippen LogP contribution in [0.5, 0.6) is 5.75 Å². The average Bonchev–Trinajstić information content (AvgIpc) is 2.78. The van der Waals surface area contributed by atoms with Crippen molar-refractivity contribution in [2.45, 2.75) is 37.6 Å². The number of halogens is 1. The molecule has 1 aliphatic carbocycles. The van der Waals surface area contributed by atoms with Gasteiger partial charge in [-0.15, -0.1) is 0 Å². The van der Waals surface area contributed by atoms with Crippen molar-refractivity contribution in [3.63, 3.8) is 0 Å². The van der Waals surface area contributed by atoms with Gasteiger partial charge in [0, 0.05) is 29.6 Å². The van der Waals surface area contributed by atoms with Gasteiger partial charge in [-0.05, 0) is 31.4 Å². The second kappa shape index (κ2) is 9.96. The molecule has 164 valence electrons. The number of Topliss-reactive ketones (excluding diaryl/α,β-unsaturated/α-hetero) is 1. The molecule has 0 heterocycles. The first-order chi connectivity index (χ1) is 14.9. The number of methoxy groups -OCH3 is 1. The minimum absolute atomic E-state index is 0.0183. The molecule has 6 nitrogen and oxygen atoms in total. The van der Waals surface area contributed by atoms with Crippen LogP contribution in [0, 0.1) is 0 Å². The zero-order valence-corrected chi connectivity index (χ0v) is 18.5. The van der Waals surface area contributed by atoms with Crippen LogP contribution in [0.25, 0.3) is 0 Å². The summed E-state index contributed by atoms with van der Waals surface area (Å²) >= 11 is 6.42. The minimum atomic E-state index is -1.15. The summed E-state index contributed by atoms with van der Waals surface area (Å²) in [5, 5.41) is 0.436. The van der Waals surface area contributed by atoms with Gasteiger partial charge in [0.2, 0.25) is 0 Å². The van der Waals surface area contributed by atoms with Crippen LogP contribution < -0.4 is 4.74 Å². The van der Waals surface area contributed by atoms with E-state index in [9.17, 15) is 14.4 Å². The van der Waals surface area contributed by atoms with E-state index >= 15 is 0 Å². The summed E-state index contributed by atoms with van der Waals surface area (Å²) in [5.41, 5.74) is 0.131. The number of ether oxygens (including phenoxy) is 2. The van der Waals surface area contributed by atoms with Gasteiger partial charge >= 0.3 is 5.97 Å². The standard InChI is InChI=1S/C24H26ClNO5/c1-26(22(28)16-31-23(29)15-17-9-3-6-12-20(17)30-2)24(14-8-7-13-21(24)27)18-10-4-5-11-19(18)25/h3-6,9-12H,7-8,13-16H2,1-2H3. The maximum Gasteiger partial charge on any atom is 0.310 e. The van der Waals surface area contributed by atoms with Crippen LogP contribution in [0.1, 0.15) is 36.8 Å². The van der Waals surface area contributed by atoms with E-state index < -0.39 is 24.0 Å². The van der Waals surface area contributed by atoms with E-state index in [1.807, 2.05) is 6.07 Å². The molecule has 1 fully saturated rings. The Bertz CT molecular complexity index is 976. The van der Waals surface area contributed by atoms with Gasteiger partial charge in [0.1, 0.15) is 11.3 Å².